The molecule has 2 aromatic rings. The zero-order chi connectivity index (χ0) is 14.9. The van der Waals surface area contributed by atoms with E-state index in [0.29, 0.717) is 22.0 Å². The van der Waals surface area contributed by atoms with Gasteiger partial charge >= 0.3 is 0 Å². The molecule has 0 radical (unpaired) electrons. The second-order valence-corrected chi connectivity index (χ2v) is 6.25. The third-order valence-corrected chi connectivity index (χ3v) is 4.58. The van der Waals surface area contributed by atoms with Gasteiger partial charge < -0.3 is 5.11 Å². The number of aliphatic hydroxyl groups is 1. The predicted octanol–water partition coefficient (Wildman–Crippen LogP) is 4.56. The van der Waals surface area contributed by atoms with E-state index in [2.05, 4.69) is 21.0 Å². The number of rotatable bonds is 4. The lowest BCUT2D eigenvalue weighted by atomic mass is 10.0. The molecule has 0 aliphatic heterocycles. The molecule has 0 bridgehead atoms. The molecular formula is C14H15BrCl2N2O. The predicted molar refractivity (Wildman–Crippen MR) is 85.5 cm³/mol. The van der Waals surface area contributed by atoms with E-state index in [-0.39, 0.29) is 0 Å². The summed E-state index contributed by atoms with van der Waals surface area (Å²) in [6.07, 6.45) is -0.227. The van der Waals surface area contributed by atoms with E-state index in [1.54, 1.807) is 18.2 Å². The maximum Gasteiger partial charge on any atom is 0.0846 e. The number of aryl methyl sites for hydroxylation is 2. The molecule has 108 valence electrons. The summed E-state index contributed by atoms with van der Waals surface area (Å²) in [5.41, 5.74) is 2.59. The quantitative estimate of drug-likeness (QED) is 0.848. The minimum atomic E-state index is -0.677. The van der Waals surface area contributed by atoms with Gasteiger partial charge in [0.1, 0.15) is 0 Å². The Labute approximate surface area is 136 Å². The monoisotopic (exact) mass is 376 g/mol. The molecule has 2 rings (SSSR count). The van der Waals surface area contributed by atoms with Crippen LogP contribution in [0.2, 0.25) is 10.0 Å². The molecule has 0 aliphatic rings. The highest BCUT2D eigenvalue weighted by atomic mass is 79.9. The molecule has 1 aromatic carbocycles. The van der Waals surface area contributed by atoms with E-state index in [1.165, 1.54) is 0 Å². The molecule has 3 nitrogen and oxygen atoms in total. The fourth-order valence-electron chi connectivity index (χ4n) is 2.13. The highest BCUT2D eigenvalue weighted by molar-refractivity contribution is 9.10. The second-order valence-electron chi connectivity index (χ2n) is 4.58. The smallest absolute Gasteiger partial charge is 0.0846 e. The van der Waals surface area contributed by atoms with E-state index in [1.807, 2.05) is 18.5 Å². The van der Waals surface area contributed by atoms with Crippen LogP contribution in [0.1, 0.15) is 30.0 Å². The minimum Gasteiger partial charge on any atom is -0.388 e. The molecule has 1 heterocycles. The van der Waals surface area contributed by atoms with Gasteiger partial charge in [-0.05, 0) is 53.5 Å². The highest BCUT2D eigenvalue weighted by Crippen LogP contribution is 2.29. The van der Waals surface area contributed by atoms with Gasteiger partial charge in [-0.25, -0.2) is 0 Å². The standard InChI is InChI=1S/C14H15BrCl2N2O/c1-3-19-12(14(15)8(2)18-19)7-13(20)9-4-10(16)6-11(17)5-9/h4-6,13,20H,3,7H2,1-2H3. The van der Waals surface area contributed by atoms with Crippen LogP contribution >= 0.6 is 39.1 Å². The molecule has 0 saturated carbocycles. The fraction of sp³-hybridized carbons (Fsp3) is 0.357. The van der Waals surface area contributed by atoms with Crippen LogP contribution in [0.5, 0.6) is 0 Å². The summed E-state index contributed by atoms with van der Waals surface area (Å²) in [5, 5.41) is 15.9. The Morgan fingerprint density at radius 3 is 2.45 bits per heavy atom. The van der Waals surface area contributed by atoms with Gasteiger partial charge in [0.05, 0.1) is 22.0 Å². The van der Waals surface area contributed by atoms with E-state index in [4.69, 9.17) is 23.2 Å². The van der Waals surface area contributed by atoms with Crippen LogP contribution in [0.4, 0.5) is 0 Å². The maximum absolute atomic E-state index is 10.4. The van der Waals surface area contributed by atoms with Crippen molar-refractivity contribution in [2.24, 2.45) is 0 Å². The maximum atomic E-state index is 10.4. The second kappa shape index (κ2) is 6.48. The third-order valence-electron chi connectivity index (χ3n) is 3.11. The number of nitrogens with zero attached hydrogens (tertiary/aromatic N) is 2. The SMILES string of the molecule is CCn1nc(C)c(Br)c1CC(O)c1cc(Cl)cc(Cl)c1. The summed E-state index contributed by atoms with van der Waals surface area (Å²) in [6.45, 7) is 4.71. The number of hydrogen-bond acceptors (Lipinski definition) is 2. The molecular weight excluding hydrogens is 363 g/mol. The molecule has 1 aromatic heterocycles. The number of aromatic nitrogens is 2. The first kappa shape index (κ1) is 15.8. The number of halogens is 3. The van der Waals surface area contributed by atoms with Gasteiger partial charge in [0.25, 0.3) is 0 Å². The summed E-state index contributed by atoms with van der Waals surface area (Å²) in [5.74, 6) is 0. The first-order valence-corrected chi connectivity index (χ1v) is 7.83. The summed E-state index contributed by atoms with van der Waals surface area (Å²) in [4.78, 5) is 0. The van der Waals surface area contributed by atoms with Crippen LogP contribution in [0, 0.1) is 6.92 Å². The Bertz CT molecular complexity index is 608. The van der Waals surface area contributed by atoms with Crippen molar-refractivity contribution in [2.75, 3.05) is 0 Å². The molecule has 0 spiro atoms. The summed E-state index contributed by atoms with van der Waals surface area (Å²) in [6, 6.07) is 5.10. The van der Waals surface area contributed by atoms with Crippen LogP contribution in [0.3, 0.4) is 0 Å². The molecule has 6 heteroatoms. The van der Waals surface area contributed by atoms with Gasteiger partial charge in [-0.2, -0.15) is 5.10 Å². The van der Waals surface area contributed by atoms with Crippen molar-refractivity contribution in [3.8, 4) is 0 Å². The van der Waals surface area contributed by atoms with Crippen molar-refractivity contribution in [1.82, 2.24) is 9.78 Å². The van der Waals surface area contributed by atoms with Gasteiger partial charge in [-0.1, -0.05) is 23.2 Å². The van der Waals surface area contributed by atoms with Crippen LogP contribution in [0.15, 0.2) is 22.7 Å². The lowest BCUT2D eigenvalue weighted by Crippen LogP contribution is -2.09. The Balaban J connectivity index is 2.29. The van der Waals surface area contributed by atoms with Gasteiger partial charge in [-0.3, -0.25) is 4.68 Å². The Hall–Kier alpha value is -0.550. The first-order valence-electron chi connectivity index (χ1n) is 6.28. The van der Waals surface area contributed by atoms with Crippen LogP contribution in [0.25, 0.3) is 0 Å². The number of benzene rings is 1. The Kier molecular flexibility index (Phi) is 5.13. The van der Waals surface area contributed by atoms with Crippen molar-refractivity contribution < 1.29 is 5.11 Å². The summed E-state index contributed by atoms with van der Waals surface area (Å²) in [7, 11) is 0. The summed E-state index contributed by atoms with van der Waals surface area (Å²) >= 11 is 15.5. The highest BCUT2D eigenvalue weighted by Gasteiger charge is 2.18. The molecule has 20 heavy (non-hydrogen) atoms. The van der Waals surface area contributed by atoms with E-state index in [9.17, 15) is 5.11 Å². The zero-order valence-electron chi connectivity index (χ0n) is 11.2. The Morgan fingerprint density at radius 1 is 1.30 bits per heavy atom. The average Bonchev–Trinajstić information content (AvgIpc) is 2.65. The van der Waals surface area contributed by atoms with Crippen molar-refractivity contribution >= 4 is 39.1 Å². The van der Waals surface area contributed by atoms with Gasteiger partial charge in [0.15, 0.2) is 0 Å². The van der Waals surface area contributed by atoms with E-state index < -0.39 is 6.10 Å². The van der Waals surface area contributed by atoms with Crippen molar-refractivity contribution in [1.29, 1.82) is 0 Å². The molecule has 1 atom stereocenters. The lowest BCUT2D eigenvalue weighted by molar-refractivity contribution is 0.175. The van der Waals surface area contributed by atoms with Gasteiger partial charge in [-0.15, -0.1) is 0 Å². The van der Waals surface area contributed by atoms with Crippen molar-refractivity contribution in [3.05, 3.63) is 49.7 Å². The normalized spacial score (nSPS) is 12.7. The molecule has 0 fully saturated rings. The fourth-order valence-corrected chi connectivity index (χ4v) is 3.12. The lowest BCUT2D eigenvalue weighted by Gasteiger charge is -2.13. The van der Waals surface area contributed by atoms with Crippen LogP contribution in [-0.2, 0) is 13.0 Å². The minimum absolute atomic E-state index is 0.450. The largest absolute Gasteiger partial charge is 0.388 e. The van der Waals surface area contributed by atoms with Gasteiger partial charge in [0.2, 0.25) is 0 Å². The van der Waals surface area contributed by atoms with Crippen LogP contribution < -0.4 is 0 Å². The Morgan fingerprint density at radius 2 is 1.90 bits per heavy atom. The molecule has 1 unspecified atom stereocenters. The molecule has 0 aliphatic carbocycles. The van der Waals surface area contributed by atoms with E-state index in [0.717, 1.165) is 22.4 Å². The first-order chi connectivity index (χ1) is 9.42. The molecule has 0 saturated heterocycles. The average molecular weight is 378 g/mol. The van der Waals surface area contributed by atoms with Crippen molar-refractivity contribution in [3.63, 3.8) is 0 Å². The zero-order valence-corrected chi connectivity index (χ0v) is 14.3. The topological polar surface area (TPSA) is 38.0 Å². The van der Waals surface area contributed by atoms with E-state index >= 15 is 0 Å². The van der Waals surface area contributed by atoms with Crippen molar-refractivity contribution in [2.45, 2.75) is 32.9 Å². The summed E-state index contributed by atoms with van der Waals surface area (Å²) < 4.78 is 2.82. The van der Waals surface area contributed by atoms with Gasteiger partial charge in [0, 0.05) is 23.0 Å². The molecule has 1 N–H and O–H groups in total. The number of aliphatic hydroxyl groups excluding tert-OH is 1. The van der Waals surface area contributed by atoms with Crippen LogP contribution in [-0.4, -0.2) is 14.9 Å². The number of hydrogen-bond donors (Lipinski definition) is 1. The molecule has 0 amide bonds. The third kappa shape index (κ3) is 3.37.